The molecule has 1 aliphatic rings. The summed E-state index contributed by atoms with van der Waals surface area (Å²) in [6, 6.07) is 0. The van der Waals surface area contributed by atoms with Crippen molar-refractivity contribution in [2.45, 2.75) is 19.0 Å². The van der Waals surface area contributed by atoms with E-state index in [1.54, 1.807) is 0 Å². The first-order chi connectivity index (χ1) is 5.27. The molecule has 0 aromatic rings. The van der Waals surface area contributed by atoms with Crippen molar-refractivity contribution in [3.8, 4) is 0 Å². The molecular formula is C6H11FN2S2. The molecular weight excluding hydrogens is 183 g/mol. The first-order valence-corrected chi connectivity index (χ1v) is 5.58. The number of thioether (sulfide) groups is 2. The summed E-state index contributed by atoms with van der Waals surface area (Å²) in [6.45, 7) is 2.72. The zero-order chi connectivity index (χ0) is 8.27. The maximum absolute atomic E-state index is 13.0. The van der Waals surface area contributed by atoms with Crippen molar-refractivity contribution in [3.05, 3.63) is 0 Å². The number of hydrogen-bond acceptors (Lipinski definition) is 4. The summed E-state index contributed by atoms with van der Waals surface area (Å²) in [4.78, 5) is 0. The molecule has 64 valence electrons. The van der Waals surface area contributed by atoms with Gasteiger partial charge >= 0.3 is 0 Å². The summed E-state index contributed by atoms with van der Waals surface area (Å²) < 4.78 is 13.8. The Morgan fingerprint density at radius 1 is 1.82 bits per heavy atom. The Bertz CT molecular complexity index is 163. The monoisotopic (exact) mass is 194 g/mol. The topological polar surface area (TPSA) is 15.6 Å². The minimum atomic E-state index is -0.961. The van der Waals surface area contributed by atoms with Crippen LogP contribution in [0.2, 0.25) is 0 Å². The highest BCUT2D eigenvalue weighted by Gasteiger charge is 2.25. The molecule has 0 bridgehead atoms. The van der Waals surface area contributed by atoms with Crippen LogP contribution in [-0.2, 0) is 0 Å². The fourth-order valence-corrected chi connectivity index (χ4v) is 2.19. The normalized spacial score (nSPS) is 24.1. The second kappa shape index (κ2) is 4.21. The molecule has 0 spiro atoms. The molecule has 1 rings (SSSR count). The van der Waals surface area contributed by atoms with Gasteiger partial charge in [0.15, 0.2) is 4.38 Å². The SMILES string of the molecule is CCCN1N=C(SC)SC1F. The first-order valence-electron chi connectivity index (χ1n) is 3.48. The summed E-state index contributed by atoms with van der Waals surface area (Å²) >= 11 is 2.68. The standard InChI is InChI=1S/C6H11FN2S2/c1-3-4-9-5(7)11-6(8-9)10-2/h5H,3-4H2,1-2H3. The number of halogens is 1. The van der Waals surface area contributed by atoms with Gasteiger partial charge in [0.1, 0.15) is 0 Å². The van der Waals surface area contributed by atoms with Gasteiger partial charge in [-0.3, -0.25) is 5.01 Å². The van der Waals surface area contributed by atoms with Crippen molar-refractivity contribution >= 4 is 27.9 Å². The number of alkyl halides is 1. The predicted molar refractivity (Wildman–Crippen MR) is 50.4 cm³/mol. The van der Waals surface area contributed by atoms with Crippen LogP contribution in [0.5, 0.6) is 0 Å². The third-order valence-corrected chi connectivity index (χ3v) is 3.21. The van der Waals surface area contributed by atoms with Gasteiger partial charge in [0.25, 0.3) is 0 Å². The Kier molecular flexibility index (Phi) is 3.51. The molecule has 0 fully saturated rings. The first kappa shape index (κ1) is 9.19. The van der Waals surface area contributed by atoms with Crippen molar-refractivity contribution in [1.29, 1.82) is 0 Å². The van der Waals surface area contributed by atoms with Crippen LogP contribution in [0.4, 0.5) is 4.39 Å². The molecule has 1 atom stereocenters. The quantitative estimate of drug-likeness (QED) is 0.627. The van der Waals surface area contributed by atoms with Crippen molar-refractivity contribution in [3.63, 3.8) is 0 Å². The van der Waals surface area contributed by atoms with Crippen molar-refractivity contribution in [2.24, 2.45) is 5.10 Å². The van der Waals surface area contributed by atoms with Crippen LogP contribution in [0, 0.1) is 0 Å². The largest absolute Gasteiger partial charge is 0.253 e. The van der Waals surface area contributed by atoms with Crippen LogP contribution >= 0.6 is 23.5 Å². The lowest BCUT2D eigenvalue weighted by molar-refractivity contribution is 0.169. The molecule has 0 aliphatic carbocycles. The molecule has 0 saturated carbocycles. The Morgan fingerprint density at radius 2 is 2.55 bits per heavy atom. The zero-order valence-electron chi connectivity index (χ0n) is 6.58. The number of hydrazone groups is 1. The Balaban J connectivity index is 2.46. The second-order valence-corrected chi connectivity index (χ2v) is 4.21. The van der Waals surface area contributed by atoms with Crippen LogP contribution in [0.1, 0.15) is 13.3 Å². The van der Waals surface area contributed by atoms with Crippen molar-refractivity contribution in [2.75, 3.05) is 12.8 Å². The number of rotatable bonds is 2. The second-order valence-electron chi connectivity index (χ2n) is 2.14. The minimum absolute atomic E-state index is 0.707. The molecule has 0 amide bonds. The van der Waals surface area contributed by atoms with Gasteiger partial charge < -0.3 is 0 Å². The highest BCUT2D eigenvalue weighted by atomic mass is 32.2. The minimum Gasteiger partial charge on any atom is -0.253 e. The van der Waals surface area contributed by atoms with E-state index in [4.69, 9.17) is 0 Å². The summed E-state index contributed by atoms with van der Waals surface area (Å²) in [5.41, 5.74) is -0.961. The Labute approximate surface area is 74.6 Å². The maximum Gasteiger partial charge on any atom is 0.240 e. The zero-order valence-corrected chi connectivity index (χ0v) is 8.21. The molecule has 5 heteroatoms. The summed E-state index contributed by atoms with van der Waals surface area (Å²) in [5, 5.41) is 5.57. The van der Waals surface area contributed by atoms with Crippen LogP contribution in [0.3, 0.4) is 0 Å². The molecule has 11 heavy (non-hydrogen) atoms. The molecule has 0 aromatic heterocycles. The summed E-state index contributed by atoms with van der Waals surface area (Å²) in [7, 11) is 0. The van der Waals surface area contributed by atoms with E-state index >= 15 is 0 Å². The van der Waals surface area contributed by atoms with E-state index in [0.29, 0.717) is 6.54 Å². The van der Waals surface area contributed by atoms with Crippen molar-refractivity contribution < 1.29 is 4.39 Å². The Hall–Kier alpha value is 0.1000. The van der Waals surface area contributed by atoms with E-state index in [1.807, 2.05) is 13.2 Å². The van der Waals surface area contributed by atoms with Crippen molar-refractivity contribution in [1.82, 2.24) is 5.01 Å². The molecule has 1 aliphatic heterocycles. The van der Waals surface area contributed by atoms with E-state index in [0.717, 1.165) is 10.8 Å². The average Bonchev–Trinajstić information content (AvgIpc) is 2.33. The van der Waals surface area contributed by atoms with E-state index < -0.39 is 5.63 Å². The van der Waals surface area contributed by atoms with Crippen LogP contribution < -0.4 is 0 Å². The predicted octanol–water partition coefficient (Wildman–Crippen LogP) is 2.33. The van der Waals surface area contributed by atoms with Gasteiger partial charge in [0.2, 0.25) is 5.63 Å². The van der Waals surface area contributed by atoms with Gasteiger partial charge in [0, 0.05) is 6.54 Å². The highest BCUT2D eigenvalue weighted by molar-refractivity contribution is 8.39. The van der Waals surface area contributed by atoms with Gasteiger partial charge in [-0.05, 0) is 24.4 Å². The highest BCUT2D eigenvalue weighted by Crippen LogP contribution is 2.31. The van der Waals surface area contributed by atoms with E-state index in [-0.39, 0.29) is 0 Å². The molecule has 0 N–H and O–H groups in total. The average molecular weight is 194 g/mol. The molecule has 0 aromatic carbocycles. The van der Waals surface area contributed by atoms with Gasteiger partial charge in [-0.1, -0.05) is 6.92 Å². The fraction of sp³-hybridized carbons (Fsp3) is 0.833. The van der Waals surface area contributed by atoms with E-state index in [2.05, 4.69) is 5.10 Å². The summed E-state index contributed by atoms with van der Waals surface area (Å²) in [6.07, 6.45) is 2.85. The van der Waals surface area contributed by atoms with Crippen LogP contribution in [0.25, 0.3) is 0 Å². The molecule has 1 heterocycles. The molecule has 2 nitrogen and oxygen atoms in total. The lowest BCUT2D eigenvalue weighted by atomic mass is 10.5. The van der Waals surface area contributed by atoms with Crippen LogP contribution in [0.15, 0.2) is 5.10 Å². The van der Waals surface area contributed by atoms with E-state index in [9.17, 15) is 4.39 Å². The molecule has 0 radical (unpaired) electrons. The maximum atomic E-state index is 13.0. The van der Waals surface area contributed by atoms with Crippen LogP contribution in [-0.4, -0.2) is 27.8 Å². The fourth-order valence-electron chi connectivity index (χ4n) is 0.787. The molecule has 1 unspecified atom stereocenters. The van der Waals surface area contributed by atoms with E-state index in [1.165, 1.54) is 28.5 Å². The van der Waals surface area contributed by atoms with Gasteiger partial charge in [0.05, 0.1) is 0 Å². The summed E-state index contributed by atoms with van der Waals surface area (Å²) in [5.74, 6) is 0. The molecule has 0 saturated heterocycles. The third-order valence-electron chi connectivity index (χ3n) is 1.27. The number of hydrogen-bond donors (Lipinski definition) is 0. The van der Waals surface area contributed by atoms with Gasteiger partial charge in [-0.25, -0.2) is 4.39 Å². The third kappa shape index (κ3) is 2.27. The lowest BCUT2D eigenvalue weighted by Gasteiger charge is -2.13. The number of nitrogens with zero attached hydrogens (tertiary/aromatic N) is 2. The van der Waals surface area contributed by atoms with Gasteiger partial charge in [-0.2, -0.15) is 5.10 Å². The smallest absolute Gasteiger partial charge is 0.240 e. The van der Waals surface area contributed by atoms with Gasteiger partial charge in [-0.15, -0.1) is 11.8 Å². The lowest BCUT2D eigenvalue weighted by Crippen LogP contribution is -2.20. The Morgan fingerprint density at radius 3 is 3.00 bits per heavy atom.